The number of nitrogens with zero attached hydrogens (tertiary/aromatic N) is 8. The molecule has 0 saturated heterocycles. The van der Waals surface area contributed by atoms with Gasteiger partial charge in [0.2, 0.25) is 0 Å². The van der Waals surface area contributed by atoms with Crippen molar-refractivity contribution in [3.05, 3.63) is 98.6 Å². The van der Waals surface area contributed by atoms with Crippen LogP contribution in [-0.2, 0) is 10.5 Å². The molecule has 0 aliphatic rings. The first-order chi connectivity index (χ1) is 19.1. The zero-order chi connectivity index (χ0) is 30.0. The lowest BCUT2D eigenvalue weighted by molar-refractivity contribution is 0.306. The molecule has 0 aliphatic carbocycles. The Labute approximate surface area is 242 Å². The smallest absolute Gasteiger partial charge is 0.193 e. The van der Waals surface area contributed by atoms with Crippen molar-refractivity contribution < 1.29 is 5.11 Å². The number of hydrogen-bond donors (Lipinski definition) is 0. The topological polar surface area (TPSA) is 91.2 Å². The lowest BCUT2D eigenvalue weighted by Gasteiger charge is -2.29. The highest BCUT2D eigenvalue weighted by Crippen LogP contribution is 2.41. The van der Waals surface area contributed by atoms with Gasteiger partial charge in [-0.2, -0.15) is 20.4 Å². The minimum Gasteiger partial charge on any atom is -0.289 e. The maximum Gasteiger partial charge on any atom is 0.193 e. The molecule has 4 aromatic heterocycles. The molecule has 5 rings (SSSR count). The Morgan fingerprint density at radius 1 is 0.512 bits per heavy atom. The van der Waals surface area contributed by atoms with Gasteiger partial charge >= 0.3 is 0 Å². The highest BCUT2D eigenvalue weighted by atomic mass is 16.3. The molecule has 0 aliphatic heterocycles. The Morgan fingerprint density at radius 2 is 0.780 bits per heavy atom. The van der Waals surface area contributed by atoms with E-state index in [9.17, 15) is 5.11 Å². The van der Waals surface area contributed by atoms with Crippen LogP contribution in [-0.4, -0.2) is 39.1 Å². The van der Waals surface area contributed by atoms with Gasteiger partial charge in [0.05, 0.1) is 22.8 Å². The van der Waals surface area contributed by atoms with Gasteiger partial charge in [-0.15, -0.1) is 0 Å². The van der Waals surface area contributed by atoms with Crippen molar-refractivity contribution in [3.63, 3.8) is 0 Å². The van der Waals surface area contributed by atoms with Crippen LogP contribution in [0.15, 0.2) is 36.4 Å². The Balaban J connectivity index is 1.89. The van der Waals surface area contributed by atoms with Crippen molar-refractivity contribution in [2.24, 2.45) is 0 Å². The minimum absolute atomic E-state index is 0.0757. The van der Waals surface area contributed by atoms with E-state index in [-0.39, 0.29) is 11.2 Å². The highest BCUT2D eigenvalue weighted by Gasteiger charge is 2.34. The third-order valence-electron chi connectivity index (χ3n) is 7.67. The van der Waals surface area contributed by atoms with E-state index >= 15 is 0 Å². The predicted molar refractivity (Wildman–Crippen MR) is 159 cm³/mol. The molecule has 215 valence electrons. The molecule has 0 N–H and O–H groups in total. The van der Waals surface area contributed by atoms with E-state index in [0.29, 0.717) is 11.1 Å². The Bertz CT molecular complexity index is 1530. The summed E-state index contributed by atoms with van der Waals surface area (Å²) >= 11 is 0. The second kappa shape index (κ2) is 10.0. The zero-order valence-corrected chi connectivity index (χ0v) is 26.1. The van der Waals surface area contributed by atoms with Gasteiger partial charge in [0.1, 0.15) is 0 Å². The molecular formula is C32H41N8O. The number of aryl methyl sites for hydroxylation is 8. The molecule has 0 amide bonds. The molecule has 9 nitrogen and oxygen atoms in total. The maximum absolute atomic E-state index is 14.9. The average Bonchev–Trinajstić information content (AvgIpc) is 3.57. The molecule has 4 heterocycles. The van der Waals surface area contributed by atoms with E-state index in [4.69, 9.17) is 20.4 Å². The zero-order valence-electron chi connectivity index (χ0n) is 26.1. The van der Waals surface area contributed by atoms with Crippen LogP contribution >= 0.6 is 0 Å². The monoisotopic (exact) mass is 553 g/mol. The molecule has 0 spiro atoms. The first-order valence-corrected chi connectivity index (χ1v) is 14.1. The molecule has 5 aromatic rings. The fourth-order valence-electron chi connectivity index (χ4n) is 5.80. The average molecular weight is 554 g/mol. The largest absolute Gasteiger partial charge is 0.289 e. The first-order valence-electron chi connectivity index (χ1n) is 14.1. The summed E-state index contributed by atoms with van der Waals surface area (Å²) in [6.45, 7) is 22.5. The second-order valence-corrected chi connectivity index (χ2v) is 12.5. The molecule has 0 saturated carbocycles. The van der Waals surface area contributed by atoms with Crippen molar-refractivity contribution in [1.29, 1.82) is 0 Å². The van der Waals surface area contributed by atoms with Crippen LogP contribution in [0.1, 0.15) is 95.3 Å². The molecule has 1 aromatic carbocycles. The van der Waals surface area contributed by atoms with Crippen LogP contribution < -0.4 is 0 Å². The number of hydrogen-bond acceptors (Lipinski definition) is 4. The minimum atomic E-state index is -0.562. The lowest BCUT2D eigenvalue weighted by Crippen LogP contribution is -2.28. The van der Waals surface area contributed by atoms with Crippen LogP contribution in [0.4, 0.5) is 0 Å². The van der Waals surface area contributed by atoms with Gasteiger partial charge in [0.25, 0.3) is 0 Å². The number of aromatic nitrogens is 8. The second-order valence-electron chi connectivity index (χ2n) is 12.5. The van der Waals surface area contributed by atoms with E-state index in [1.54, 1.807) is 0 Å². The molecule has 0 fully saturated rings. The molecule has 1 radical (unpaired) electrons. The van der Waals surface area contributed by atoms with Crippen molar-refractivity contribution in [2.45, 2.75) is 93.9 Å². The maximum atomic E-state index is 14.9. The summed E-state index contributed by atoms with van der Waals surface area (Å²) in [7, 11) is 0. The van der Waals surface area contributed by atoms with Gasteiger partial charge in [-0.3, -0.25) is 5.11 Å². The van der Waals surface area contributed by atoms with Crippen LogP contribution in [0, 0.1) is 55.4 Å². The van der Waals surface area contributed by atoms with Crippen LogP contribution in [0.5, 0.6) is 5.75 Å². The molecule has 0 unspecified atom stereocenters. The Hall–Kier alpha value is -4.14. The van der Waals surface area contributed by atoms with Gasteiger partial charge in [-0.05, 0) is 103 Å². The van der Waals surface area contributed by atoms with Crippen molar-refractivity contribution >= 4 is 0 Å². The normalized spacial score (nSPS) is 12.3. The SMILES string of the molecule is Cc1cc(C)n(C(c2cc(C(C)(C)C)cc(C(n3nc(C)cc3C)n3nc(C)cc3C)c2[O])n2nc(C)cc2C)n1. The van der Waals surface area contributed by atoms with Crippen molar-refractivity contribution in [2.75, 3.05) is 0 Å². The fraction of sp³-hybridized carbons (Fsp3) is 0.438. The van der Waals surface area contributed by atoms with Gasteiger partial charge in [-0.1, -0.05) is 20.8 Å². The van der Waals surface area contributed by atoms with E-state index < -0.39 is 12.3 Å². The van der Waals surface area contributed by atoms with Gasteiger partial charge < -0.3 is 0 Å². The summed E-state index contributed by atoms with van der Waals surface area (Å²) < 4.78 is 7.68. The van der Waals surface area contributed by atoms with Crippen molar-refractivity contribution in [3.8, 4) is 5.75 Å². The predicted octanol–water partition coefficient (Wildman–Crippen LogP) is 6.57. The molecule has 0 bridgehead atoms. The van der Waals surface area contributed by atoms with E-state index in [0.717, 1.165) is 51.1 Å². The van der Waals surface area contributed by atoms with Crippen LogP contribution in [0.3, 0.4) is 0 Å². The number of rotatable bonds is 6. The van der Waals surface area contributed by atoms with E-state index in [1.165, 1.54) is 0 Å². The highest BCUT2D eigenvalue weighted by molar-refractivity contribution is 5.50. The molecule has 9 heteroatoms. The summed E-state index contributed by atoms with van der Waals surface area (Å²) in [6, 6.07) is 12.2. The van der Waals surface area contributed by atoms with Crippen LogP contribution in [0.2, 0.25) is 0 Å². The summed E-state index contributed by atoms with van der Waals surface area (Å²) in [5.74, 6) is -0.0757. The quantitative estimate of drug-likeness (QED) is 0.238. The fourth-order valence-corrected chi connectivity index (χ4v) is 5.80. The summed E-state index contributed by atoms with van der Waals surface area (Å²) in [6.07, 6.45) is -1.12. The van der Waals surface area contributed by atoms with E-state index in [2.05, 4.69) is 20.8 Å². The summed E-state index contributed by atoms with van der Waals surface area (Å²) in [5, 5.41) is 34.3. The van der Waals surface area contributed by atoms with Crippen LogP contribution in [0.25, 0.3) is 0 Å². The van der Waals surface area contributed by atoms with Gasteiger partial charge in [-0.25, -0.2) is 18.7 Å². The summed E-state index contributed by atoms with van der Waals surface area (Å²) in [4.78, 5) is 0. The Kier molecular flexibility index (Phi) is 6.96. The van der Waals surface area contributed by atoms with E-state index in [1.807, 2.05) is 111 Å². The standard InChI is InChI=1S/C32H41N8O/c1-18-12-22(5)37(33-18)30(38-23(6)13-19(2)34-38)27-16-26(32(9,10)11)17-28(29(27)41)31(39-24(7)14-20(3)35-39)40-25(8)15-21(4)36-40/h12-17,30-31H,1-11H3. The Morgan fingerprint density at radius 3 is 0.976 bits per heavy atom. The molecule has 0 atom stereocenters. The van der Waals surface area contributed by atoms with Gasteiger partial charge in [0, 0.05) is 33.9 Å². The third kappa shape index (κ3) is 5.09. The third-order valence-corrected chi connectivity index (χ3v) is 7.67. The lowest BCUT2D eigenvalue weighted by atomic mass is 9.83. The number of benzene rings is 1. The summed E-state index contributed by atoms with van der Waals surface area (Å²) in [5.41, 5.74) is 9.39. The molecule has 41 heavy (non-hydrogen) atoms. The molecular weight excluding hydrogens is 512 g/mol. The van der Waals surface area contributed by atoms with Gasteiger partial charge in [0.15, 0.2) is 18.1 Å². The van der Waals surface area contributed by atoms with Crippen molar-refractivity contribution in [1.82, 2.24) is 39.1 Å². The first kappa shape index (κ1) is 28.4.